The van der Waals surface area contributed by atoms with E-state index in [4.69, 9.17) is 4.74 Å². The van der Waals surface area contributed by atoms with Gasteiger partial charge in [-0.3, -0.25) is 4.79 Å². The van der Waals surface area contributed by atoms with Crippen molar-refractivity contribution in [2.75, 3.05) is 33.4 Å². The lowest BCUT2D eigenvalue weighted by molar-refractivity contribution is -0.137. The third-order valence-electron chi connectivity index (χ3n) is 8.36. The molecule has 41 heavy (non-hydrogen) atoms. The highest BCUT2D eigenvalue weighted by Crippen LogP contribution is 2.41. The highest BCUT2D eigenvalue weighted by molar-refractivity contribution is 5.98. The second-order valence-corrected chi connectivity index (χ2v) is 11.1. The highest BCUT2D eigenvalue weighted by atomic mass is 19.4. The molecule has 0 unspecified atom stereocenters. The van der Waals surface area contributed by atoms with Crippen molar-refractivity contribution in [1.29, 1.82) is 0 Å². The van der Waals surface area contributed by atoms with Crippen LogP contribution in [0.5, 0.6) is 0 Å². The Morgan fingerprint density at radius 1 is 1.17 bits per heavy atom. The lowest BCUT2D eigenvalue weighted by Gasteiger charge is -2.41. The number of imidazole rings is 1. The van der Waals surface area contributed by atoms with Gasteiger partial charge in [0, 0.05) is 38.3 Å². The second-order valence-electron chi connectivity index (χ2n) is 11.1. The molecule has 5 rings (SSSR count). The first-order valence-electron chi connectivity index (χ1n) is 14.2. The summed E-state index contributed by atoms with van der Waals surface area (Å²) in [5, 5.41) is 14.9. The standard InChI is InChI=1S/C31H37F3N4O3/c1-41-20-30(40)15-6-5-12-26(30)38-21-36-27(28(38)23-9-3-2-4-10-23)29(39)37-17-16-35-19-25(37)14-13-22-8-7-11-24(18-22)31(32,33)34/h2-4,7-11,18,21,25-26,35,40H,5-6,12-17,19-20H2,1H3/t25-,26-,30-/m1/s1. The number of alkyl halides is 3. The summed E-state index contributed by atoms with van der Waals surface area (Å²) in [6.45, 7) is 1.80. The van der Waals surface area contributed by atoms with E-state index in [1.54, 1.807) is 24.4 Å². The zero-order valence-electron chi connectivity index (χ0n) is 23.2. The van der Waals surface area contributed by atoms with Crippen molar-refractivity contribution in [2.45, 2.75) is 62.4 Å². The van der Waals surface area contributed by atoms with Crippen molar-refractivity contribution in [2.24, 2.45) is 0 Å². The molecule has 1 aliphatic heterocycles. The zero-order chi connectivity index (χ0) is 29.0. The summed E-state index contributed by atoms with van der Waals surface area (Å²) < 4.78 is 47.0. The SMILES string of the molecule is COC[C@]1(O)CCCC[C@H]1n1cnc(C(=O)N2CCNC[C@H]2CCc2cccc(C(F)(F)F)c2)c1-c1ccccc1. The number of hydrogen-bond acceptors (Lipinski definition) is 5. The average molecular weight is 571 g/mol. The Hall–Kier alpha value is -3.21. The average Bonchev–Trinajstić information content (AvgIpc) is 3.41. The van der Waals surface area contributed by atoms with Crippen LogP contribution in [0.15, 0.2) is 60.9 Å². The van der Waals surface area contributed by atoms with E-state index in [1.807, 2.05) is 34.9 Å². The molecule has 3 aromatic rings. The van der Waals surface area contributed by atoms with E-state index in [1.165, 1.54) is 12.1 Å². The van der Waals surface area contributed by atoms with Crippen LogP contribution >= 0.6 is 0 Å². The third kappa shape index (κ3) is 6.34. The quantitative estimate of drug-likeness (QED) is 0.394. The van der Waals surface area contributed by atoms with Crippen molar-refractivity contribution in [3.8, 4) is 11.3 Å². The maximum atomic E-state index is 14.2. The van der Waals surface area contributed by atoms with Gasteiger partial charge in [-0.1, -0.05) is 61.4 Å². The number of carbonyl (C=O) groups excluding carboxylic acids is 1. The van der Waals surface area contributed by atoms with Crippen molar-refractivity contribution in [3.63, 3.8) is 0 Å². The lowest BCUT2D eigenvalue weighted by atomic mass is 9.80. The Morgan fingerprint density at radius 3 is 2.73 bits per heavy atom. The molecule has 2 N–H and O–H groups in total. The van der Waals surface area contributed by atoms with Gasteiger partial charge in [0.25, 0.3) is 5.91 Å². The molecular weight excluding hydrogens is 533 g/mol. The Bertz CT molecular complexity index is 1330. The minimum Gasteiger partial charge on any atom is -0.385 e. The Morgan fingerprint density at radius 2 is 1.98 bits per heavy atom. The number of halogens is 3. The van der Waals surface area contributed by atoms with Gasteiger partial charge in [-0.2, -0.15) is 13.2 Å². The molecule has 10 heteroatoms. The summed E-state index contributed by atoms with van der Waals surface area (Å²) in [5.74, 6) is -0.218. The minimum absolute atomic E-state index is 0.183. The van der Waals surface area contributed by atoms with Gasteiger partial charge < -0.3 is 24.6 Å². The van der Waals surface area contributed by atoms with Gasteiger partial charge in [-0.05, 0) is 37.3 Å². The molecule has 220 valence electrons. The second kappa shape index (κ2) is 12.3. The van der Waals surface area contributed by atoms with Crippen LogP contribution in [0, 0.1) is 0 Å². The number of methoxy groups -OCH3 is 1. The predicted molar refractivity (Wildman–Crippen MR) is 149 cm³/mol. The number of nitrogens with zero attached hydrogens (tertiary/aromatic N) is 3. The molecule has 3 atom stereocenters. The van der Waals surface area contributed by atoms with E-state index in [0.717, 1.165) is 30.9 Å². The number of aliphatic hydroxyl groups is 1. The minimum atomic E-state index is -4.40. The smallest absolute Gasteiger partial charge is 0.385 e. The van der Waals surface area contributed by atoms with Crippen molar-refractivity contribution >= 4 is 5.91 Å². The predicted octanol–water partition coefficient (Wildman–Crippen LogP) is 5.11. The van der Waals surface area contributed by atoms with Crippen LogP contribution in [0.2, 0.25) is 0 Å². The molecule has 1 aromatic heterocycles. The van der Waals surface area contributed by atoms with Gasteiger partial charge >= 0.3 is 6.18 Å². The van der Waals surface area contributed by atoms with E-state index >= 15 is 0 Å². The largest absolute Gasteiger partial charge is 0.416 e. The number of amides is 1. The van der Waals surface area contributed by atoms with E-state index in [9.17, 15) is 23.1 Å². The number of ether oxygens (including phenoxy) is 1. The molecule has 0 spiro atoms. The summed E-state index contributed by atoms with van der Waals surface area (Å²) >= 11 is 0. The fourth-order valence-electron chi connectivity index (χ4n) is 6.31. The van der Waals surface area contributed by atoms with Crippen LogP contribution in [0.3, 0.4) is 0 Å². The lowest BCUT2D eigenvalue weighted by Crippen LogP contribution is -2.54. The number of benzene rings is 2. The van der Waals surface area contributed by atoms with Crippen LogP contribution in [-0.2, 0) is 17.3 Å². The first-order chi connectivity index (χ1) is 19.7. The molecule has 1 saturated heterocycles. The van der Waals surface area contributed by atoms with Crippen LogP contribution in [0.25, 0.3) is 11.3 Å². The first-order valence-corrected chi connectivity index (χ1v) is 14.2. The number of rotatable bonds is 8. The summed E-state index contributed by atoms with van der Waals surface area (Å²) in [6, 6.07) is 14.5. The Kier molecular flexibility index (Phi) is 8.82. The molecule has 0 bridgehead atoms. The third-order valence-corrected chi connectivity index (χ3v) is 8.36. The van der Waals surface area contributed by atoms with Crippen LogP contribution in [-0.4, -0.2) is 70.5 Å². The molecule has 2 aromatic carbocycles. The van der Waals surface area contributed by atoms with Crippen molar-refractivity contribution < 1.29 is 27.8 Å². The molecule has 0 radical (unpaired) electrons. The molecular formula is C31H37F3N4O3. The molecule has 1 amide bonds. The molecule has 2 fully saturated rings. The number of aromatic nitrogens is 2. The van der Waals surface area contributed by atoms with E-state index in [-0.39, 0.29) is 24.6 Å². The maximum absolute atomic E-state index is 14.2. The van der Waals surface area contributed by atoms with Gasteiger partial charge in [0.1, 0.15) is 5.60 Å². The fourth-order valence-corrected chi connectivity index (χ4v) is 6.31. The molecule has 2 heterocycles. The summed E-state index contributed by atoms with van der Waals surface area (Å²) in [6.07, 6.45) is 1.35. The number of piperazine rings is 1. The monoisotopic (exact) mass is 570 g/mol. The summed E-state index contributed by atoms with van der Waals surface area (Å²) in [5.41, 5.74) is 0.634. The Balaban J connectivity index is 1.44. The van der Waals surface area contributed by atoms with Crippen molar-refractivity contribution in [1.82, 2.24) is 19.8 Å². The number of hydrogen-bond donors (Lipinski definition) is 2. The summed E-state index contributed by atoms with van der Waals surface area (Å²) in [4.78, 5) is 20.6. The molecule has 1 saturated carbocycles. The van der Waals surface area contributed by atoms with Crippen LogP contribution < -0.4 is 5.32 Å². The van der Waals surface area contributed by atoms with Gasteiger partial charge in [0.05, 0.1) is 30.2 Å². The normalized spacial score (nSPS) is 23.5. The number of nitrogens with one attached hydrogen (secondary N) is 1. The summed E-state index contributed by atoms with van der Waals surface area (Å²) in [7, 11) is 1.58. The maximum Gasteiger partial charge on any atom is 0.416 e. The molecule has 2 aliphatic rings. The number of aryl methyl sites for hydroxylation is 1. The van der Waals surface area contributed by atoms with Gasteiger partial charge in [0.2, 0.25) is 0 Å². The zero-order valence-corrected chi connectivity index (χ0v) is 23.2. The van der Waals surface area contributed by atoms with Gasteiger partial charge in [-0.15, -0.1) is 0 Å². The molecule has 7 nitrogen and oxygen atoms in total. The van der Waals surface area contributed by atoms with Crippen LogP contribution in [0.1, 0.15) is 59.8 Å². The van der Waals surface area contributed by atoms with Crippen LogP contribution in [0.4, 0.5) is 13.2 Å². The van der Waals surface area contributed by atoms with Gasteiger partial charge in [-0.25, -0.2) is 4.98 Å². The number of carbonyl (C=O) groups is 1. The van der Waals surface area contributed by atoms with E-state index in [0.29, 0.717) is 55.8 Å². The van der Waals surface area contributed by atoms with E-state index < -0.39 is 17.3 Å². The van der Waals surface area contributed by atoms with Crippen molar-refractivity contribution in [3.05, 3.63) is 77.7 Å². The topological polar surface area (TPSA) is 79.6 Å². The Labute approximate surface area is 238 Å². The van der Waals surface area contributed by atoms with E-state index in [2.05, 4.69) is 10.3 Å². The highest BCUT2D eigenvalue weighted by Gasteiger charge is 2.42. The first kappa shape index (κ1) is 29.3. The molecule has 1 aliphatic carbocycles. The fraction of sp³-hybridized carbons (Fsp3) is 0.484. The van der Waals surface area contributed by atoms with Gasteiger partial charge in [0.15, 0.2) is 5.69 Å².